The lowest BCUT2D eigenvalue weighted by Crippen LogP contribution is -1.96. The second-order valence-corrected chi connectivity index (χ2v) is 5.19. The number of phenolic OH excluding ortho intramolecular Hbond substituents is 1. The van der Waals surface area contributed by atoms with Gasteiger partial charge in [-0.1, -0.05) is 23.9 Å². The number of thioether (sulfide) groups is 1. The number of benzene rings is 1. The Morgan fingerprint density at radius 3 is 3.06 bits per heavy atom. The summed E-state index contributed by atoms with van der Waals surface area (Å²) in [7, 11) is 0. The Morgan fingerprint density at radius 2 is 2.28 bits per heavy atom. The normalized spacial score (nSPS) is 10.5. The van der Waals surface area contributed by atoms with Gasteiger partial charge in [0.2, 0.25) is 4.38 Å². The van der Waals surface area contributed by atoms with Gasteiger partial charge in [0.25, 0.3) is 0 Å². The molecule has 0 saturated carbocycles. The second-order valence-electron chi connectivity index (χ2n) is 3.62. The molecular weight excluding hydrogens is 266 g/mol. The maximum absolute atomic E-state index is 9.74. The molecule has 5 heteroatoms. The number of fused-ring (bicyclic) bond motifs is 1. The molecule has 1 aromatic heterocycles. The SMILES string of the molecule is CCOC(=S)SCc1ccc(O)c2ncccc12. The molecule has 18 heavy (non-hydrogen) atoms. The molecule has 2 aromatic rings. The van der Waals surface area contributed by atoms with Crippen molar-refractivity contribution in [1.82, 2.24) is 4.98 Å². The molecule has 2 rings (SSSR count). The molecule has 1 aromatic carbocycles. The third-order valence-corrected chi connectivity index (χ3v) is 3.73. The van der Waals surface area contributed by atoms with E-state index in [2.05, 4.69) is 4.98 Å². The van der Waals surface area contributed by atoms with Crippen molar-refractivity contribution in [2.24, 2.45) is 0 Å². The number of rotatable bonds is 3. The van der Waals surface area contributed by atoms with Crippen LogP contribution in [0.1, 0.15) is 12.5 Å². The van der Waals surface area contributed by atoms with Gasteiger partial charge in [0.1, 0.15) is 11.3 Å². The number of hydrogen-bond donors (Lipinski definition) is 1. The van der Waals surface area contributed by atoms with Crippen molar-refractivity contribution < 1.29 is 9.84 Å². The van der Waals surface area contributed by atoms with Crippen LogP contribution in [0.4, 0.5) is 0 Å². The summed E-state index contributed by atoms with van der Waals surface area (Å²) in [6.07, 6.45) is 1.67. The molecule has 1 N–H and O–H groups in total. The van der Waals surface area contributed by atoms with Gasteiger partial charge in [0.15, 0.2) is 0 Å². The molecular formula is C13H13NO2S2. The summed E-state index contributed by atoms with van der Waals surface area (Å²) < 4.78 is 5.77. The van der Waals surface area contributed by atoms with Gasteiger partial charge in [0, 0.05) is 17.3 Å². The summed E-state index contributed by atoms with van der Waals surface area (Å²) in [6.45, 7) is 2.50. The van der Waals surface area contributed by atoms with Crippen molar-refractivity contribution in [2.45, 2.75) is 12.7 Å². The molecule has 3 nitrogen and oxygen atoms in total. The van der Waals surface area contributed by atoms with E-state index in [1.54, 1.807) is 12.3 Å². The zero-order valence-electron chi connectivity index (χ0n) is 9.92. The Labute approximate surface area is 115 Å². The average molecular weight is 279 g/mol. The highest BCUT2D eigenvalue weighted by Crippen LogP contribution is 2.28. The minimum Gasteiger partial charge on any atom is -0.506 e. The van der Waals surface area contributed by atoms with Crippen LogP contribution in [0.3, 0.4) is 0 Å². The third kappa shape index (κ3) is 2.91. The summed E-state index contributed by atoms with van der Waals surface area (Å²) in [5, 5.41) is 10.7. The van der Waals surface area contributed by atoms with Crippen molar-refractivity contribution in [3.8, 4) is 5.75 Å². The molecule has 0 aliphatic heterocycles. The van der Waals surface area contributed by atoms with Crippen LogP contribution in [0.25, 0.3) is 10.9 Å². The maximum atomic E-state index is 9.74. The first kappa shape index (κ1) is 13.1. The number of thiocarbonyl (C=S) groups is 1. The molecule has 0 fully saturated rings. The Morgan fingerprint density at radius 1 is 1.44 bits per heavy atom. The summed E-state index contributed by atoms with van der Waals surface area (Å²) in [5.74, 6) is 0.910. The lowest BCUT2D eigenvalue weighted by atomic mass is 10.1. The van der Waals surface area contributed by atoms with Crippen LogP contribution in [-0.4, -0.2) is 21.1 Å². The van der Waals surface area contributed by atoms with Crippen LogP contribution < -0.4 is 0 Å². The zero-order valence-corrected chi connectivity index (χ0v) is 11.6. The monoisotopic (exact) mass is 279 g/mol. The first-order valence-corrected chi connectivity index (χ1v) is 6.97. The average Bonchev–Trinajstić information content (AvgIpc) is 2.39. The minimum atomic E-state index is 0.201. The summed E-state index contributed by atoms with van der Waals surface area (Å²) in [6, 6.07) is 7.36. The third-order valence-electron chi connectivity index (χ3n) is 2.45. The predicted molar refractivity (Wildman–Crippen MR) is 78.9 cm³/mol. The number of hydrogen-bond acceptors (Lipinski definition) is 5. The van der Waals surface area contributed by atoms with Gasteiger partial charge in [-0.25, -0.2) is 0 Å². The van der Waals surface area contributed by atoms with Crippen molar-refractivity contribution in [3.05, 3.63) is 36.0 Å². The second kappa shape index (κ2) is 6.02. The van der Waals surface area contributed by atoms with Crippen LogP contribution in [0.5, 0.6) is 5.75 Å². The zero-order chi connectivity index (χ0) is 13.0. The van der Waals surface area contributed by atoms with Crippen LogP contribution in [-0.2, 0) is 10.5 Å². The van der Waals surface area contributed by atoms with Crippen LogP contribution in [0.15, 0.2) is 30.5 Å². The largest absolute Gasteiger partial charge is 0.506 e. The highest BCUT2D eigenvalue weighted by atomic mass is 32.2. The van der Waals surface area contributed by atoms with Crippen molar-refractivity contribution in [3.63, 3.8) is 0 Å². The molecule has 0 saturated heterocycles. The smallest absolute Gasteiger partial charge is 0.220 e. The number of pyridine rings is 1. The molecule has 0 atom stereocenters. The summed E-state index contributed by atoms with van der Waals surface area (Å²) >= 11 is 6.55. The van der Waals surface area contributed by atoms with Gasteiger partial charge in [-0.15, -0.1) is 0 Å². The van der Waals surface area contributed by atoms with Gasteiger partial charge in [-0.05, 0) is 36.8 Å². The fourth-order valence-corrected chi connectivity index (χ4v) is 2.66. The number of aromatic nitrogens is 1. The molecule has 0 spiro atoms. The van der Waals surface area contributed by atoms with Crippen molar-refractivity contribution >= 4 is 39.3 Å². The quantitative estimate of drug-likeness (QED) is 0.871. The molecule has 0 aliphatic carbocycles. The standard InChI is InChI=1S/C13H13NO2S2/c1-2-16-13(17)18-8-9-5-6-11(15)12-10(9)4-3-7-14-12/h3-7,15H,2,8H2,1H3. The van der Waals surface area contributed by atoms with Gasteiger partial charge in [0.05, 0.1) is 6.61 Å². The molecule has 0 aliphatic rings. The number of nitrogens with zero attached hydrogens (tertiary/aromatic N) is 1. The lowest BCUT2D eigenvalue weighted by molar-refractivity contribution is 0.346. The van der Waals surface area contributed by atoms with Gasteiger partial charge in [-0.3, -0.25) is 4.98 Å². The van der Waals surface area contributed by atoms with Gasteiger partial charge in [-0.2, -0.15) is 0 Å². The van der Waals surface area contributed by atoms with E-state index >= 15 is 0 Å². The van der Waals surface area contributed by atoms with Crippen LogP contribution >= 0.6 is 24.0 Å². The van der Waals surface area contributed by atoms with E-state index in [-0.39, 0.29) is 5.75 Å². The van der Waals surface area contributed by atoms with Crippen molar-refractivity contribution in [2.75, 3.05) is 6.61 Å². The first-order chi connectivity index (χ1) is 8.72. The Kier molecular flexibility index (Phi) is 4.38. The predicted octanol–water partition coefficient (Wildman–Crippen LogP) is 3.50. The number of phenols is 1. The van der Waals surface area contributed by atoms with Crippen LogP contribution in [0.2, 0.25) is 0 Å². The number of aromatic hydroxyl groups is 1. The molecule has 0 unspecified atom stereocenters. The topological polar surface area (TPSA) is 42.4 Å². The van der Waals surface area contributed by atoms with E-state index in [1.807, 2.05) is 25.1 Å². The van der Waals surface area contributed by atoms with E-state index in [0.29, 0.717) is 22.3 Å². The van der Waals surface area contributed by atoms with Gasteiger partial charge < -0.3 is 9.84 Å². The van der Waals surface area contributed by atoms with E-state index in [0.717, 1.165) is 10.9 Å². The molecule has 94 valence electrons. The first-order valence-electron chi connectivity index (χ1n) is 5.57. The molecule has 0 radical (unpaired) electrons. The fourth-order valence-electron chi connectivity index (χ4n) is 1.64. The Balaban J connectivity index is 2.24. The molecule has 0 bridgehead atoms. The van der Waals surface area contributed by atoms with Crippen molar-refractivity contribution in [1.29, 1.82) is 0 Å². The minimum absolute atomic E-state index is 0.201. The Hall–Kier alpha value is -1.33. The highest BCUT2D eigenvalue weighted by molar-refractivity contribution is 8.22. The molecule has 0 amide bonds. The maximum Gasteiger partial charge on any atom is 0.220 e. The van der Waals surface area contributed by atoms with E-state index < -0.39 is 0 Å². The fraction of sp³-hybridized carbons (Fsp3) is 0.231. The van der Waals surface area contributed by atoms with Gasteiger partial charge >= 0.3 is 0 Å². The summed E-state index contributed by atoms with van der Waals surface area (Å²) in [5.41, 5.74) is 1.71. The van der Waals surface area contributed by atoms with E-state index in [4.69, 9.17) is 17.0 Å². The van der Waals surface area contributed by atoms with Crippen LogP contribution in [0, 0.1) is 0 Å². The van der Waals surface area contributed by atoms with E-state index in [1.165, 1.54) is 11.8 Å². The Bertz CT molecular complexity index is 572. The molecule has 1 heterocycles. The summed E-state index contributed by atoms with van der Waals surface area (Å²) in [4.78, 5) is 4.18. The lowest BCUT2D eigenvalue weighted by Gasteiger charge is -2.08. The number of ether oxygens (including phenoxy) is 1. The highest BCUT2D eigenvalue weighted by Gasteiger charge is 2.07. The van der Waals surface area contributed by atoms with E-state index in [9.17, 15) is 5.11 Å².